The summed E-state index contributed by atoms with van der Waals surface area (Å²) in [5.74, 6) is -0.575. The zero-order chi connectivity index (χ0) is 11.5. The fourth-order valence-corrected chi connectivity index (χ4v) is 1.93. The molecule has 0 fully saturated rings. The van der Waals surface area contributed by atoms with Gasteiger partial charge in [-0.25, -0.2) is 4.79 Å². The molecule has 1 N–H and O–H groups in total. The Morgan fingerprint density at radius 1 is 1.62 bits per heavy atom. The number of nitrogens with zero attached hydrogens (tertiary/aromatic N) is 2. The van der Waals surface area contributed by atoms with Crippen molar-refractivity contribution < 1.29 is 14.6 Å². The maximum atomic E-state index is 10.8. The zero-order valence-electron chi connectivity index (χ0n) is 8.58. The molecule has 5 nitrogen and oxygen atoms in total. The molecule has 2 aromatic heterocycles. The molecule has 6 heteroatoms. The van der Waals surface area contributed by atoms with E-state index in [1.54, 1.807) is 16.1 Å². The highest BCUT2D eigenvalue weighted by atomic mass is 32.1. The minimum atomic E-state index is -0.967. The lowest BCUT2D eigenvalue weighted by molar-refractivity contribution is 0.0697. The summed E-state index contributed by atoms with van der Waals surface area (Å²) in [4.78, 5) is 11.0. The van der Waals surface area contributed by atoms with Crippen molar-refractivity contribution in [3.63, 3.8) is 0 Å². The number of rotatable bonds is 4. The molecule has 2 heterocycles. The Morgan fingerprint density at radius 2 is 2.44 bits per heavy atom. The largest absolute Gasteiger partial charge is 0.485 e. The van der Waals surface area contributed by atoms with Crippen molar-refractivity contribution in [2.45, 2.75) is 6.61 Å². The van der Waals surface area contributed by atoms with Crippen LogP contribution in [0.4, 0.5) is 0 Å². The first-order valence-electron chi connectivity index (χ1n) is 4.59. The van der Waals surface area contributed by atoms with Gasteiger partial charge in [-0.2, -0.15) is 5.10 Å². The number of hydrogen-bond acceptors (Lipinski definition) is 4. The fraction of sp³-hybridized carbons (Fsp3) is 0.200. The van der Waals surface area contributed by atoms with Gasteiger partial charge in [-0.3, -0.25) is 4.68 Å². The van der Waals surface area contributed by atoms with Gasteiger partial charge in [0.1, 0.15) is 12.4 Å². The number of aryl methyl sites for hydroxylation is 1. The monoisotopic (exact) mass is 238 g/mol. The molecule has 2 aromatic rings. The number of carbonyl (C=O) groups is 1. The molecule has 0 atom stereocenters. The van der Waals surface area contributed by atoms with Gasteiger partial charge < -0.3 is 9.84 Å². The van der Waals surface area contributed by atoms with Crippen LogP contribution in [0.15, 0.2) is 23.7 Å². The first-order chi connectivity index (χ1) is 7.66. The third-order valence-corrected chi connectivity index (χ3v) is 2.85. The van der Waals surface area contributed by atoms with Gasteiger partial charge >= 0.3 is 5.97 Å². The third kappa shape index (κ3) is 2.22. The molecule has 0 bridgehead atoms. The molecule has 84 valence electrons. The van der Waals surface area contributed by atoms with E-state index in [-0.39, 0.29) is 11.5 Å². The van der Waals surface area contributed by atoms with E-state index in [4.69, 9.17) is 9.84 Å². The summed E-state index contributed by atoms with van der Waals surface area (Å²) in [6.45, 7) is 0.276. The Labute approximate surface area is 95.9 Å². The first-order valence-corrected chi connectivity index (χ1v) is 5.47. The third-order valence-electron chi connectivity index (χ3n) is 1.97. The van der Waals surface area contributed by atoms with Gasteiger partial charge in [-0.15, -0.1) is 11.3 Å². The second kappa shape index (κ2) is 4.36. The average Bonchev–Trinajstić information content (AvgIpc) is 2.83. The van der Waals surface area contributed by atoms with E-state index in [2.05, 4.69) is 5.10 Å². The fourth-order valence-electron chi connectivity index (χ4n) is 1.26. The molecule has 0 aromatic carbocycles. The van der Waals surface area contributed by atoms with E-state index in [1.807, 2.05) is 19.3 Å². The Kier molecular flexibility index (Phi) is 2.91. The first kappa shape index (κ1) is 10.7. The molecule has 0 aliphatic rings. The molecule has 2 rings (SSSR count). The van der Waals surface area contributed by atoms with Gasteiger partial charge in [0, 0.05) is 13.2 Å². The number of thiophene rings is 1. The Balaban J connectivity index is 2.04. The highest BCUT2D eigenvalue weighted by molar-refractivity contribution is 7.12. The predicted octanol–water partition coefficient (Wildman–Crippen LogP) is 1.76. The Morgan fingerprint density at radius 3 is 3.06 bits per heavy atom. The smallest absolute Gasteiger partial charge is 0.349 e. The van der Waals surface area contributed by atoms with Crippen LogP contribution in [0.2, 0.25) is 0 Å². The Bertz CT molecular complexity index is 504. The van der Waals surface area contributed by atoms with Gasteiger partial charge in [0.15, 0.2) is 4.88 Å². The van der Waals surface area contributed by atoms with Crippen molar-refractivity contribution in [1.82, 2.24) is 9.78 Å². The minimum absolute atomic E-state index is 0.218. The second-order valence-electron chi connectivity index (χ2n) is 3.19. The van der Waals surface area contributed by atoms with Gasteiger partial charge in [-0.1, -0.05) is 0 Å². The van der Waals surface area contributed by atoms with Gasteiger partial charge in [0.2, 0.25) is 0 Å². The molecule has 0 saturated carbocycles. The van der Waals surface area contributed by atoms with E-state index in [0.717, 1.165) is 17.0 Å². The van der Waals surface area contributed by atoms with Crippen LogP contribution >= 0.6 is 11.3 Å². The van der Waals surface area contributed by atoms with Gasteiger partial charge in [-0.05, 0) is 17.5 Å². The molecular formula is C10H10N2O3S. The normalized spacial score (nSPS) is 10.3. The van der Waals surface area contributed by atoms with Crippen LogP contribution in [-0.2, 0) is 13.7 Å². The summed E-state index contributed by atoms with van der Waals surface area (Å²) >= 11 is 1.15. The summed E-state index contributed by atoms with van der Waals surface area (Å²) in [6.07, 6.45) is 1.81. The van der Waals surface area contributed by atoms with E-state index >= 15 is 0 Å². The molecule has 0 unspecified atom stereocenters. The van der Waals surface area contributed by atoms with Gasteiger partial charge in [0.25, 0.3) is 0 Å². The summed E-state index contributed by atoms with van der Waals surface area (Å²) < 4.78 is 7.06. The van der Waals surface area contributed by atoms with Crippen molar-refractivity contribution in [3.05, 3.63) is 34.3 Å². The van der Waals surface area contributed by atoms with Crippen molar-refractivity contribution in [3.8, 4) is 5.75 Å². The second-order valence-corrected chi connectivity index (χ2v) is 4.10. The van der Waals surface area contributed by atoms with E-state index < -0.39 is 5.97 Å². The molecule has 0 amide bonds. The van der Waals surface area contributed by atoms with Crippen LogP contribution in [0.25, 0.3) is 0 Å². The lowest BCUT2D eigenvalue weighted by Crippen LogP contribution is -2.01. The highest BCUT2D eigenvalue weighted by Gasteiger charge is 2.13. The summed E-state index contributed by atoms with van der Waals surface area (Å²) in [5, 5.41) is 14.7. The van der Waals surface area contributed by atoms with Crippen LogP contribution in [-0.4, -0.2) is 20.9 Å². The molecule has 0 aliphatic heterocycles. The maximum absolute atomic E-state index is 10.8. The van der Waals surface area contributed by atoms with E-state index in [0.29, 0.717) is 5.75 Å². The zero-order valence-corrected chi connectivity index (χ0v) is 9.40. The summed E-state index contributed by atoms with van der Waals surface area (Å²) in [5.41, 5.74) is 0.769. The van der Waals surface area contributed by atoms with Crippen LogP contribution in [0.1, 0.15) is 15.4 Å². The Hall–Kier alpha value is -1.82. The van der Waals surface area contributed by atoms with Crippen LogP contribution in [0.3, 0.4) is 0 Å². The molecule has 0 saturated heterocycles. The van der Waals surface area contributed by atoms with Crippen LogP contribution in [0.5, 0.6) is 5.75 Å². The number of carboxylic acid groups (broad SMARTS) is 1. The molecule has 16 heavy (non-hydrogen) atoms. The van der Waals surface area contributed by atoms with Crippen LogP contribution < -0.4 is 4.74 Å². The number of ether oxygens (including phenoxy) is 1. The highest BCUT2D eigenvalue weighted by Crippen LogP contribution is 2.25. The quantitative estimate of drug-likeness (QED) is 0.881. The van der Waals surface area contributed by atoms with Crippen molar-refractivity contribution >= 4 is 17.3 Å². The topological polar surface area (TPSA) is 64.3 Å². The average molecular weight is 238 g/mol. The molecule has 0 radical (unpaired) electrons. The lowest BCUT2D eigenvalue weighted by atomic mass is 10.4. The van der Waals surface area contributed by atoms with Crippen molar-refractivity contribution in [2.24, 2.45) is 7.05 Å². The summed E-state index contributed by atoms with van der Waals surface area (Å²) in [6, 6.07) is 3.48. The lowest BCUT2D eigenvalue weighted by Gasteiger charge is -2.02. The van der Waals surface area contributed by atoms with Crippen molar-refractivity contribution in [1.29, 1.82) is 0 Å². The van der Waals surface area contributed by atoms with Crippen LogP contribution in [0, 0.1) is 0 Å². The number of carboxylic acids is 1. The number of aromatic nitrogens is 2. The minimum Gasteiger partial charge on any atom is -0.485 e. The number of hydrogen-bond donors (Lipinski definition) is 1. The summed E-state index contributed by atoms with van der Waals surface area (Å²) in [7, 11) is 1.82. The number of aromatic carboxylic acids is 1. The standard InChI is InChI=1S/C10H10N2O3S/c1-12-4-2-7(11-12)6-15-8-3-5-16-9(8)10(13)14/h2-5H,6H2,1H3,(H,13,14). The molecule has 0 aliphatic carbocycles. The van der Waals surface area contributed by atoms with Crippen molar-refractivity contribution in [2.75, 3.05) is 0 Å². The molecular weight excluding hydrogens is 228 g/mol. The van der Waals surface area contributed by atoms with E-state index in [1.165, 1.54) is 0 Å². The maximum Gasteiger partial charge on any atom is 0.349 e. The van der Waals surface area contributed by atoms with E-state index in [9.17, 15) is 4.79 Å². The predicted molar refractivity (Wildman–Crippen MR) is 58.8 cm³/mol. The SMILES string of the molecule is Cn1ccc(COc2ccsc2C(=O)O)n1. The molecule has 0 spiro atoms. The van der Waals surface area contributed by atoms with Gasteiger partial charge in [0.05, 0.1) is 5.69 Å².